The number of benzene rings is 3. The SMILES string of the molecule is Cc1cccc(NC(=O)Nc2nc(-c3cccc4ccccc34)cs2)c1. The van der Waals surface area contributed by atoms with Crippen LogP contribution in [-0.2, 0) is 0 Å². The molecule has 1 aromatic heterocycles. The van der Waals surface area contributed by atoms with Crippen LogP contribution in [0.15, 0.2) is 72.1 Å². The number of thiazole rings is 1. The fourth-order valence-electron chi connectivity index (χ4n) is 2.89. The van der Waals surface area contributed by atoms with E-state index in [-0.39, 0.29) is 6.03 Å². The third kappa shape index (κ3) is 3.43. The van der Waals surface area contributed by atoms with E-state index in [1.54, 1.807) is 0 Å². The number of hydrogen-bond donors (Lipinski definition) is 2. The smallest absolute Gasteiger partial charge is 0.308 e. The molecule has 0 aliphatic carbocycles. The molecule has 3 aromatic carbocycles. The second-order valence-corrected chi connectivity index (χ2v) is 6.87. The van der Waals surface area contributed by atoms with E-state index in [1.807, 2.05) is 60.8 Å². The van der Waals surface area contributed by atoms with Crippen molar-refractivity contribution in [2.75, 3.05) is 10.6 Å². The minimum atomic E-state index is -0.297. The quantitative estimate of drug-likeness (QED) is 0.477. The summed E-state index contributed by atoms with van der Waals surface area (Å²) in [5.74, 6) is 0. The van der Waals surface area contributed by atoms with Gasteiger partial charge in [-0.25, -0.2) is 9.78 Å². The van der Waals surface area contributed by atoms with Gasteiger partial charge in [0.1, 0.15) is 0 Å². The molecule has 26 heavy (non-hydrogen) atoms. The van der Waals surface area contributed by atoms with Gasteiger partial charge in [-0.3, -0.25) is 5.32 Å². The van der Waals surface area contributed by atoms with Crippen molar-refractivity contribution in [3.05, 3.63) is 77.7 Å². The van der Waals surface area contributed by atoms with Crippen molar-refractivity contribution in [2.24, 2.45) is 0 Å². The van der Waals surface area contributed by atoms with Crippen LogP contribution in [0.1, 0.15) is 5.56 Å². The Labute approximate surface area is 155 Å². The number of aromatic nitrogens is 1. The fourth-order valence-corrected chi connectivity index (χ4v) is 3.59. The summed E-state index contributed by atoms with van der Waals surface area (Å²) in [5.41, 5.74) is 3.77. The van der Waals surface area contributed by atoms with Crippen LogP contribution < -0.4 is 10.6 Å². The van der Waals surface area contributed by atoms with E-state index in [9.17, 15) is 4.79 Å². The number of amides is 2. The molecule has 128 valence electrons. The van der Waals surface area contributed by atoms with Gasteiger partial charge in [-0.2, -0.15) is 0 Å². The summed E-state index contributed by atoms with van der Waals surface area (Å²) in [6.07, 6.45) is 0. The second-order valence-electron chi connectivity index (χ2n) is 6.01. The molecule has 4 rings (SSSR count). The maximum atomic E-state index is 12.2. The van der Waals surface area contributed by atoms with E-state index in [0.717, 1.165) is 27.9 Å². The van der Waals surface area contributed by atoms with Gasteiger partial charge in [0.2, 0.25) is 0 Å². The van der Waals surface area contributed by atoms with Crippen LogP contribution >= 0.6 is 11.3 Å². The zero-order valence-electron chi connectivity index (χ0n) is 14.2. The lowest BCUT2D eigenvalue weighted by molar-refractivity contribution is 0.262. The Morgan fingerprint density at radius 1 is 0.962 bits per heavy atom. The van der Waals surface area contributed by atoms with Gasteiger partial charge in [0.25, 0.3) is 0 Å². The number of nitrogens with zero attached hydrogens (tertiary/aromatic N) is 1. The highest BCUT2D eigenvalue weighted by Gasteiger charge is 2.10. The third-order valence-electron chi connectivity index (χ3n) is 4.07. The molecule has 5 heteroatoms. The molecule has 0 atom stereocenters. The molecule has 4 nitrogen and oxygen atoms in total. The van der Waals surface area contributed by atoms with Gasteiger partial charge in [-0.15, -0.1) is 11.3 Å². The number of rotatable bonds is 3. The van der Waals surface area contributed by atoms with Crippen LogP contribution in [0, 0.1) is 6.92 Å². The summed E-state index contributed by atoms with van der Waals surface area (Å²) in [6.45, 7) is 1.99. The standard InChI is InChI=1S/C21H17N3OS/c1-14-6-4-9-16(12-14)22-20(25)24-21-23-19(13-26-21)18-11-5-8-15-7-2-3-10-17(15)18/h2-13H,1H3,(H2,22,23,24,25). The van der Waals surface area contributed by atoms with Crippen LogP contribution in [0.5, 0.6) is 0 Å². The van der Waals surface area contributed by atoms with Crippen molar-refractivity contribution in [3.63, 3.8) is 0 Å². The van der Waals surface area contributed by atoms with Crippen molar-refractivity contribution >= 4 is 39.0 Å². The fraction of sp³-hybridized carbons (Fsp3) is 0.0476. The first-order chi connectivity index (χ1) is 12.7. The molecule has 4 aromatic rings. The zero-order valence-corrected chi connectivity index (χ0v) is 15.0. The van der Waals surface area contributed by atoms with E-state index < -0.39 is 0 Å². The summed E-state index contributed by atoms with van der Waals surface area (Å²) in [4.78, 5) is 16.8. The highest BCUT2D eigenvalue weighted by molar-refractivity contribution is 7.14. The number of fused-ring (bicyclic) bond motifs is 1. The number of hydrogen-bond acceptors (Lipinski definition) is 3. The molecule has 0 saturated carbocycles. The first-order valence-corrected chi connectivity index (χ1v) is 9.15. The van der Waals surface area contributed by atoms with Gasteiger partial charge < -0.3 is 5.32 Å². The highest BCUT2D eigenvalue weighted by atomic mass is 32.1. The Balaban J connectivity index is 1.53. The first kappa shape index (κ1) is 16.3. The zero-order chi connectivity index (χ0) is 17.9. The molecule has 2 amide bonds. The van der Waals surface area contributed by atoms with Crippen LogP contribution in [0.25, 0.3) is 22.0 Å². The molecular weight excluding hydrogens is 342 g/mol. The van der Waals surface area contributed by atoms with Crippen LogP contribution in [0.2, 0.25) is 0 Å². The predicted octanol–water partition coefficient (Wildman–Crippen LogP) is 5.92. The number of nitrogens with one attached hydrogen (secondary N) is 2. The molecule has 2 N–H and O–H groups in total. The third-order valence-corrected chi connectivity index (χ3v) is 4.82. The Morgan fingerprint density at radius 2 is 1.77 bits per heavy atom. The summed E-state index contributed by atoms with van der Waals surface area (Å²) in [7, 11) is 0. The lowest BCUT2D eigenvalue weighted by Gasteiger charge is -2.06. The summed E-state index contributed by atoms with van der Waals surface area (Å²) < 4.78 is 0. The molecule has 1 heterocycles. The molecule has 0 aliphatic rings. The predicted molar refractivity (Wildman–Crippen MR) is 109 cm³/mol. The van der Waals surface area contributed by atoms with Gasteiger partial charge in [-0.05, 0) is 35.4 Å². The molecule has 0 radical (unpaired) electrons. The Kier molecular flexibility index (Phi) is 4.37. The molecule has 0 spiro atoms. The Morgan fingerprint density at radius 3 is 2.65 bits per heavy atom. The molecule has 0 saturated heterocycles. The van der Waals surface area contributed by atoms with E-state index in [1.165, 1.54) is 16.7 Å². The molecule has 0 unspecified atom stereocenters. The average Bonchev–Trinajstić information content (AvgIpc) is 3.09. The summed E-state index contributed by atoms with van der Waals surface area (Å²) >= 11 is 1.41. The van der Waals surface area contributed by atoms with Crippen molar-refractivity contribution < 1.29 is 4.79 Å². The van der Waals surface area contributed by atoms with Gasteiger partial charge in [0.15, 0.2) is 5.13 Å². The van der Waals surface area contributed by atoms with E-state index in [4.69, 9.17) is 0 Å². The molecule has 0 aliphatic heterocycles. The van der Waals surface area contributed by atoms with Crippen molar-refractivity contribution in [1.82, 2.24) is 4.98 Å². The van der Waals surface area contributed by atoms with Crippen LogP contribution in [0.4, 0.5) is 15.6 Å². The second kappa shape index (κ2) is 6.98. The lowest BCUT2D eigenvalue weighted by atomic mass is 10.0. The number of urea groups is 1. The minimum Gasteiger partial charge on any atom is -0.308 e. The Bertz CT molecular complexity index is 1080. The summed E-state index contributed by atoms with van der Waals surface area (Å²) in [6, 6.07) is 21.7. The van der Waals surface area contributed by atoms with Crippen molar-refractivity contribution in [2.45, 2.75) is 6.92 Å². The van der Waals surface area contributed by atoms with Crippen molar-refractivity contribution in [3.8, 4) is 11.3 Å². The van der Waals surface area contributed by atoms with E-state index in [0.29, 0.717) is 5.13 Å². The van der Waals surface area contributed by atoms with Crippen molar-refractivity contribution in [1.29, 1.82) is 0 Å². The lowest BCUT2D eigenvalue weighted by Crippen LogP contribution is -2.19. The number of carbonyl (C=O) groups is 1. The summed E-state index contributed by atoms with van der Waals surface area (Å²) in [5, 5.41) is 10.5. The first-order valence-electron chi connectivity index (χ1n) is 8.27. The largest absolute Gasteiger partial charge is 0.325 e. The van der Waals surface area contributed by atoms with Crippen LogP contribution in [-0.4, -0.2) is 11.0 Å². The average molecular weight is 359 g/mol. The number of aryl methyl sites for hydroxylation is 1. The normalized spacial score (nSPS) is 10.7. The monoisotopic (exact) mass is 359 g/mol. The molecule has 0 fully saturated rings. The van der Waals surface area contributed by atoms with E-state index in [2.05, 4.69) is 33.8 Å². The molecular formula is C21H17N3OS. The van der Waals surface area contributed by atoms with Gasteiger partial charge in [0, 0.05) is 16.6 Å². The maximum absolute atomic E-state index is 12.2. The van der Waals surface area contributed by atoms with Gasteiger partial charge in [0.05, 0.1) is 5.69 Å². The topological polar surface area (TPSA) is 54.0 Å². The molecule has 0 bridgehead atoms. The minimum absolute atomic E-state index is 0.297. The van der Waals surface area contributed by atoms with Gasteiger partial charge >= 0.3 is 6.03 Å². The van der Waals surface area contributed by atoms with E-state index >= 15 is 0 Å². The highest BCUT2D eigenvalue weighted by Crippen LogP contribution is 2.31. The Hall–Kier alpha value is -3.18. The number of carbonyl (C=O) groups excluding carboxylic acids is 1. The van der Waals surface area contributed by atoms with Crippen LogP contribution in [0.3, 0.4) is 0 Å². The van der Waals surface area contributed by atoms with Gasteiger partial charge in [-0.1, -0.05) is 54.6 Å². The maximum Gasteiger partial charge on any atom is 0.325 e. The number of anilines is 2.